The van der Waals surface area contributed by atoms with Gasteiger partial charge in [0.25, 0.3) is 0 Å². The zero-order valence-corrected chi connectivity index (χ0v) is 12.7. The summed E-state index contributed by atoms with van der Waals surface area (Å²) in [6, 6.07) is 13.2. The summed E-state index contributed by atoms with van der Waals surface area (Å²) in [7, 11) is 0. The van der Waals surface area contributed by atoms with Gasteiger partial charge in [0.1, 0.15) is 0 Å². The molecule has 0 heterocycles. The maximum atomic E-state index is 13.3. The van der Waals surface area contributed by atoms with Gasteiger partial charge in [-0.1, -0.05) is 50.2 Å². The van der Waals surface area contributed by atoms with E-state index in [0.717, 1.165) is 0 Å². The Morgan fingerprint density at radius 2 is 1.62 bits per heavy atom. The van der Waals surface area contributed by atoms with Crippen molar-refractivity contribution < 1.29 is 9.50 Å². The quantitative estimate of drug-likeness (QED) is 0.848. The van der Waals surface area contributed by atoms with Crippen LogP contribution in [0.1, 0.15) is 49.4 Å². The molecule has 0 radical (unpaired) electrons. The Bertz CT molecular complexity index is 593. The van der Waals surface area contributed by atoms with Gasteiger partial charge in [0.05, 0.1) is 0 Å². The van der Waals surface area contributed by atoms with E-state index in [4.69, 9.17) is 0 Å². The van der Waals surface area contributed by atoms with Gasteiger partial charge >= 0.3 is 0 Å². The van der Waals surface area contributed by atoms with Gasteiger partial charge in [-0.25, -0.2) is 4.39 Å². The second kappa shape index (κ2) is 6.72. The molecule has 2 aromatic carbocycles. The average Bonchev–Trinajstić information content (AvgIpc) is 2.48. The van der Waals surface area contributed by atoms with Gasteiger partial charge in [-0.3, -0.25) is 0 Å². The van der Waals surface area contributed by atoms with Crippen LogP contribution in [-0.4, -0.2) is 5.11 Å². The van der Waals surface area contributed by atoms with E-state index in [9.17, 15) is 9.50 Å². The number of benzene rings is 2. The molecule has 21 heavy (non-hydrogen) atoms. The van der Waals surface area contributed by atoms with Crippen molar-refractivity contribution in [2.45, 2.75) is 39.3 Å². The predicted octanol–water partition coefficient (Wildman–Crippen LogP) is 4.51. The van der Waals surface area contributed by atoms with E-state index < -0.39 is 5.82 Å². The Hall–Kier alpha value is -1.87. The van der Waals surface area contributed by atoms with Crippen LogP contribution in [0.3, 0.4) is 0 Å². The summed E-state index contributed by atoms with van der Waals surface area (Å²) in [6.07, 6.45) is 0. The van der Waals surface area contributed by atoms with Crippen LogP contribution < -0.4 is 5.32 Å². The van der Waals surface area contributed by atoms with Crippen LogP contribution in [0.4, 0.5) is 4.39 Å². The minimum atomic E-state index is -0.580. The highest BCUT2D eigenvalue weighted by molar-refractivity contribution is 5.33. The Morgan fingerprint density at radius 1 is 1.00 bits per heavy atom. The number of hydrogen-bond donors (Lipinski definition) is 2. The summed E-state index contributed by atoms with van der Waals surface area (Å²) in [4.78, 5) is 0. The molecule has 0 amide bonds. The first-order valence-electron chi connectivity index (χ1n) is 7.28. The Kier molecular flexibility index (Phi) is 4.97. The second-order valence-corrected chi connectivity index (χ2v) is 5.67. The molecule has 0 fully saturated rings. The van der Waals surface area contributed by atoms with E-state index in [1.165, 1.54) is 17.2 Å². The summed E-state index contributed by atoms with van der Waals surface area (Å²) >= 11 is 0. The molecule has 0 aliphatic heterocycles. The number of phenolic OH excluding ortho intramolecular Hbond substituents is 1. The van der Waals surface area contributed by atoms with E-state index >= 15 is 0 Å². The lowest BCUT2D eigenvalue weighted by Crippen LogP contribution is -2.18. The molecule has 0 saturated heterocycles. The molecule has 2 aromatic rings. The van der Waals surface area contributed by atoms with E-state index in [1.807, 2.05) is 0 Å². The molecule has 1 atom stereocenters. The predicted molar refractivity (Wildman–Crippen MR) is 83.9 cm³/mol. The summed E-state index contributed by atoms with van der Waals surface area (Å²) in [6.45, 7) is 6.82. The minimum absolute atomic E-state index is 0.133. The first kappa shape index (κ1) is 15.5. The van der Waals surface area contributed by atoms with E-state index in [1.54, 1.807) is 12.1 Å². The Balaban J connectivity index is 2.01. The molecule has 2 N–H and O–H groups in total. The van der Waals surface area contributed by atoms with Crippen molar-refractivity contribution >= 4 is 0 Å². The SMILES string of the molecule is CC(C)c1ccc(C(C)NCc2cccc(F)c2O)cc1. The molecule has 3 heteroatoms. The normalized spacial score (nSPS) is 12.6. The van der Waals surface area contributed by atoms with E-state index in [-0.39, 0.29) is 11.8 Å². The van der Waals surface area contributed by atoms with Gasteiger partial charge in [-0.15, -0.1) is 0 Å². The standard InChI is InChI=1S/C18H22FNO/c1-12(2)14-7-9-15(10-8-14)13(3)20-11-16-5-4-6-17(19)18(16)21/h4-10,12-13,20-21H,11H2,1-3H3. The number of phenols is 1. The number of hydrogen-bond acceptors (Lipinski definition) is 2. The smallest absolute Gasteiger partial charge is 0.165 e. The zero-order chi connectivity index (χ0) is 15.4. The van der Waals surface area contributed by atoms with Gasteiger partial charge in [-0.05, 0) is 30.0 Å². The van der Waals surface area contributed by atoms with Crippen molar-refractivity contribution in [1.29, 1.82) is 0 Å². The zero-order valence-electron chi connectivity index (χ0n) is 12.7. The van der Waals surface area contributed by atoms with Crippen molar-refractivity contribution in [3.63, 3.8) is 0 Å². The third-order valence-electron chi connectivity index (χ3n) is 3.77. The number of para-hydroxylation sites is 1. The number of nitrogens with one attached hydrogen (secondary N) is 1. The highest BCUT2D eigenvalue weighted by Gasteiger charge is 2.09. The molecular formula is C18H22FNO. The van der Waals surface area contributed by atoms with Crippen molar-refractivity contribution in [2.24, 2.45) is 0 Å². The lowest BCUT2D eigenvalue weighted by Gasteiger charge is -2.16. The summed E-state index contributed by atoms with van der Waals surface area (Å²) < 4.78 is 13.3. The van der Waals surface area contributed by atoms with Crippen molar-refractivity contribution in [1.82, 2.24) is 5.32 Å². The first-order chi connectivity index (χ1) is 9.99. The fourth-order valence-corrected chi connectivity index (χ4v) is 2.25. The molecule has 0 aromatic heterocycles. The van der Waals surface area contributed by atoms with Crippen LogP contribution in [0.5, 0.6) is 5.75 Å². The lowest BCUT2D eigenvalue weighted by atomic mass is 9.99. The first-order valence-corrected chi connectivity index (χ1v) is 7.28. The third-order valence-corrected chi connectivity index (χ3v) is 3.77. The Morgan fingerprint density at radius 3 is 2.24 bits per heavy atom. The van der Waals surface area contributed by atoms with Crippen LogP contribution in [0, 0.1) is 5.82 Å². The molecular weight excluding hydrogens is 265 g/mol. The molecule has 1 unspecified atom stereocenters. The molecule has 0 spiro atoms. The average molecular weight is 287 g/mol. The monoisotopic (exact) mass is 287 g/mol. The molecule has 2 rings (SSSR count). The fourth-order valence-electron chi connectivity index (χ4n) is 2.25. The molecule has 0 bridgehead atoms. The van der Waals surface area contributed by atoms with Crippen molar-refractivity contribution in [2.75, 3.05) is 0 Å². The highest BCUT2D eigenvalue weighted by atomic mass is 19.1. The van der Waals surface area contributed by atoms with Gasteiger partial charge < -0.3 is 10.4 Å². The third kappa shape index (κ3) is 3.82. The number of halogens is 1. The van der Waals surface area contributed by atoms with Crippen LogP contribution in [0.15, 0.2) is 42.5 Å². The molecule has 0 aliphatic rings. The largest absolute Gasteiger partial charge is 0.505 e. The minimum Gasteiger partial charge on any atom is -0.505 e. The van der Waals surface area contributed by atoms with Crippen LogP contribution in [-0.2, 0) is 6.54 Å². The topological polar surface area (TPSA) is 32.3 Å². The van der Waals surface area contributed by atoms with E-state index in [0.29, 0.717) is 18.0 Å². The van der Waals surface area contributed by atoms with Gasteiger partial charge in [0, 0.05) is 18.2 Å². The molecule has 2 nitrogen and oxygen atoms in total. The summed E-state index contributed by atoms with van der Waals surface area (Å²) in [5.41, 5.74) is 3.06. The fraction of sp³-hybridized carbons (Fsp3) is 0.333. The molecule has 0 aliphatic carbocycles. The summed E-state index contributed by atoms with van der Waals surface area (Å²) in [5, 5.41) is 13.0. The molecule has 0 saturated carbocycles. The maximum Gasteiger partial charge on any atom is 0.165 e. The number of rotatable bonds is 5. The Labute approximate surface area is 125 Å². The summed E-state index contributed by atoms with van der Waals surface area (Å²) in [5.74, 6) is -0.331. The second-order valence-electron chi connectivity index (χ2n) is 5.67. The van der Waals surface area contributed by atoms with Crippen LogP contribution >= 0.6 is 0 Å². The van der Waals surface area contributed by atoms with Gasteiger partial charge in [0.15, 0.2) is 11.6 Å². The van der Waals surface area contributed by atoms with Gasteiger partial charge in [0.2, 0.25) is 0 Å². The van der Waals surface area contributed by atoms with Crippen molar-refractivity contribution in [3.8, 4) is 5.75 Å². The highest BCUT2D eigenvalue weighted by Crippen LogP contribution is 2.22. The lowest BCUT2D eigenvalue weighted by molar-refractivity contribution is 0.421. The van der Waals surface area contributed by atoms with Crippen LogP contribution in [0.2, 0.25) is 0 Å². The van der Waals surface area contributed by atoms with Crippen molar-refractivity contribution in [3.05, 3.63) is 65.0 Å². The van der Waals surface area contributed by atoms with E-state index in [2.05, 4.69) is 50.4 Å². The molecule has 112 valence electrons. The maximum absolute atomic E-state index is 13.3. The van der Waals surface area contributed by atoms with Gasteiger partial charge in [-0.2, -0.15) is 0 Å². The number of aromatic hydroxyl groups is 1. The van der Waals surface area contributed by atoms with Crippen LogP contribution in [0.25, 0.3) is 0 Å².